The first-order chi connectivity index (χ1) is 21.4. The van der Waals surface area contributed by atoms with E-state index in [4.69, 9.17) is 27.9 Å². The van der Waals surface area contributed by atoms with Crippen LogP contribution < -0.4 is 31.7 Å². The van der Waals surface area contributed by atoms with E-state index in [0.717, 1.165) is 5.56 Å². The highest BCUT2D eigenvalue weighted by molar-refractivity contribution is 6.31. The summed E-state index contributed by atoms with van der Waals surface area (Å²) in [7, 11) is 0. The van der Waals surface area contributed by atoms with Crippen LogP contribution in [-0.4, -0.2) is 41.1 Å². The highest BCUT2D eigenvalue weighted by atomic mass is 35.5. The molecule has 13 heteroatoms. The molecule has 2 aliphatic rings. The molecular weight excluding hydrogens is 605 g/mol. The minimum atomic E-state index is -0.906. The first kappa shape index (κ1) is 29.4. The summed E-state index contributed by atoms with van der Waals surface area (Å²) in [6.45, 7) is 0.961. The molecule has 3 aromatic carbocycles. The predicted molar refractivity (Wildman–Crippen MR) is 169 cm³/mol. The average Bonchev–Trinajstić information content (AvgIpc) is 3.47. The molecule has 2 amide bonds. The van der Waals surface area contributed by atoms with E-state index in [1.165, 1.54) is 17.0 Å². The summed E-state index contributed by atoms with van der Waals surface area (Å²) < 4.78 is 6.53. The summed E-state index contributed by atoms with van der Waals surface area (Å²) in [5.41, 5.74) is 9.01. The van der Waals surface area contributed by atoms with Crippen LogP contribution in [-0.2, 0) is 20.7 Å². The lowest BCUT2D eigenvalue weighted by atomic mass is 10.0. The molecule has 0 radical (unpaired) electrons. The molecule has 0 aliphatic carbocycles. The molecule has 6 rings (SSSR count). The van der Waals surface area contributed by atoms with Crippen molar-refractivity contribution >= 4 is 52.1 Å². The summed E-state index contributed by atoms with van der Waals surface area (Å²) in [6.07, 6.45) is 3.27. The molecule has 1 atom stereocenters. The second-order valence-corrected chi connectivity index (χ2v) is 10.9. The Balaban J connectivity index is 1.29. The van der Waals surface area contributed by atoms with Crippen LogP contribution in [0.2, 0.25) is 5.02 Å². The monoisotopic (exact) mass is 631 g/mol. The van der Waals surface area contributed by atoms with E-state index < -0.39 is 17.5 Å². The fraction of sp³-hybridized carbons (Fsp3) is 0.161. The number of carbonyl (C=O) groups is 2. The topological polar surface area (TPSA) is 121 Å². The summed E-state index contributed by atoms with van der Waals surface area (Å²) >= 11 is 12.4. The summed E-state index contributed by atoms with van der Waals surface area (Å²) in [5.74, 6) is -0.513. The largest absolute Gasteiger partial charge is 0.370 e. The van der Waals surface area contributed by atoms with Gasteiger partial charge in [-0.05, 0) is 48.0 Å². The molecule has 0 bridgehead atoms. The normalized spacial score (nSPS) is 15.5. The fourth-order valence-electron chi connectivity index (χ4n) is 5.03. The number of nitrogens with zero attached hydrogens (tertiary/aromatic N) is 4. The maximum atomic E-state index is 13.7. The SMILES string of the molecule is O=C(Nc1ccc(N2CCOCC2=O)cc1)[C@H](Cc1ccccc1)n1cnc(-c2cc(Cl)ccc2N2C=C(Cl)NN2)cc1=O. The number of hydrazine groups is 2. The molecule has 1 aromatic heterocycles. The van der Waals surface area contributed by atoms with E-state index in [9.17, 15) is 14.4 Å². The number of halogens is 2. The first-order valence-corrected chi connectivity index (χ1v) is 14.5. The van der Waals surface area contributed by atoms with Crippen molar-refractivity contribution in [2.24, 2.45) is 0 Å². The second kappa shape index (κ2) is 12.9. The van der Waals surface area contributed by atoms with E-state index in [1.807, 2.05) is 30.3 Å². The Morgan fingerprint density at radius 2 is 1.82 bits per heavy atom. The van der Waals surface area contributed by atoms with E-state index in [0.29, 0.717) is 51.7 Å². The van der Waals surface area contributed by atoms with Crippen LogP contribution >= 0.6 is 23.2 Å². The van der Waals surface area contributed by atoms with Gasteiger partial charge in [0, 0.05) is 41.0 Å². The second-order valence-electron chi connectivity index (χ2n) is 10.1. The van der Waals surface area contributed by atoms with E-state index in [-0.39, 0.29) is 18.9 Å². The zero-order valence-corrected chi connectivity index (χ0v) is 24.8. The molecule has 1 fully saturated rings. The van der Waals surface area contributed by atoms with Crippen LogP contribution in [0, 0.1) is 0 Å². The Bertz CT molecular complexity index is 1780. The smallest absolute Gasteiger partial charge is 0.254 e. The number of aromatic nitrogens is 2. The minimum absolute atomic E-state index is 0.0393. The van der Waals surface area contributed by atoms with Crippen molar-refractivity contribution in [3.05, 3.63) is 117 Å². The van der Waals surface area contributed by atoms with Gasteiger partial charge in [-0.3, -0.25) is 29.4 Å². The van der Waals surface area contributed by atoms with Crippen LogP contribution in [0.4, 0.5) is 17.1 Å². The quantitative estimate of drug-likeness (QED) is 0.247. The molecule has 11 nitrogen and oxygen atoms in total. The van der Waals surface area contributed by atoms with Gasteiger partial charge in [0.05, 0.1) is 30.5 Å². The van der Waals surface area contributed by atoms with Gasteiger partial charge < -0.3 is 15.0 Å². The number of hydrogen-bond donors (Lipinski definition) is 3. The summed E-state index contributed by atoms with van der Waals surface area (Å²) in [5, 5.41) is 5.41. The lowest BCUT2D eigenvalue weighted by molar-refractivity contribution is -0.125. The summed E-state index contributed by atoms with van der Waals surface area (Å²) in [6, 6.07) is 22.1. The average molecular weight is 633 g/mol. The molecule has 3 N–H and O–H groups in total. The number of morpholine rings is 1. The maximum Gasteiger partial charge on any atom is 0.254 e. The Hall–Kier alpha value is -4.68. The number of benzene rings is 3. The van der Waals surface area contributed by atoms with Crippen LogP contribution in [0.15, 0.2) is 101 Å². The van der Waals surface area contributed by atoms with Crippen LogP contribution in [0.25, 0.3) is 11.3 Å². The van der Waals surface area contributed by atoms with Gasteiger partial charge in [0.25, 0.3) is 11.5 Å². The number of anilines is 3. The van der Waals surface area contributed by atoms with Gasteiger partial charge >= 0.3 is 0 Å². The number of carbonyl (C=O) groups excluding carboxylic acids is 2. The molecule has 1 saturated heterocycles. The van der Waals surface area contributed by atoms with Crippen molar-refractivity contribution in [1.82, 2.24) is 20.5 Å². The van der Waals surface area contributed by atoms with E-state index >= 15 is 0 Å². The standard InChI is InChI=1S/C31H27Cl2N7O4/c32-21-6-11-26(40-17-28(33)36-37-40)24(15-21)25-16-29(41)39(19-34-25)27(14-20-4-2-1-3-5-20)31(43)35-22-7-9-23(10-8-22)38-12-13-44-18-30(38)42/h1-11,15-17,19,27,36-37H,12-14,18H2,(H,35,43)/t27-/m0/s1. The molecule has 3 heterocycles. The van der Waals surface area contributed by atoms with Gasteiger partial charge in [-0.1, -0.05) is 53.5 Å². The van der Waals surface area contributed by atoms with Crippen molar-refractivity contribution in [3.63, 3.8) is 0 Å². The van der Waals surface area contributed by atoms with Crippen molar-refractivity contribution in [1.29, 1.82) is 0 Å². The Kier molecular flexibility index (Phi) is 8.62. The van der Waals surface area contributed by atoms with Gasteiger partial charge in [0.1, 0.15) is 17.8 Å². The zero-order chi connectivity index (χ0) is 30.6. The van der Waals surface area contributed by atoms with Gasteiger partial charge in [0.15, 0.2) is 0 Å². The van der Waals surface area contributed by atoms with Crippen molar-refractivity contribution in [2.45, 2.75) is 12.5 Å². The van der Waals surface area contributed by atoms with Crippen LogP contribution in [0.3, 0.4) is 0 Å². The molecule has 224 valence electrons. The molecule has 0 unspecified atom stereocenters. The third kappa shape index (κ3) is 6.46. The zero-order valence-electron chi connectivity index (χ0n) is 23.2. The maximum absolute atomic E-state index is 13.7. The van der Waals surface area contributed by atoms with Crippen LogP contribution in [0.5, 0.6) is 0 Å². The lowest BCUT2D eigenvalue weighted by Gasteiger charge is -2.27. The number of amides is 2. The fourth-order valence-corrected chi connectivity index (χ4v) is 5.34. The highest BCUT2D eigenvalue weighted by Gasteiger charge is 2.25. The van der Waals surface area contributed by atoms with E-state index in [2.05, 4.69) is 21.3 Å². The number of ether oxygens (including phenoxy) is 1. The van der Waals surface area contributed by atoms with Crippen molar-refractivity contribution < 1.29 is 14.3 Å². The Morgan fingerprint density at radius 1 is 1.02 bits per heavy atom. The first-order valence-electron chi connectivity index (χ1n) is 13.7. The lowest BCUT2D eigenvalue weighted by Crippen LogP contribution is -2.41. The minimum Gasteiger partial charge on any atom is -0.370 e. The third-order valence-corrected chi connectivity index (χ3v) is 7.64. The Morgan fingerprint density at radius 3 is 2.52 bits per heavy atom. The molecule has 0 saturated carbocycles. The molecular formula is C31H27Cl2N7O4. The number of hydrogen-bond acceptors (Lipinski definition) is 8. The number of rotatable bonds is 8. The van der Waals surface area contributed by atoms with Crippen LogP contribution in [0.1, 0.15) is 11.6 Å². The predicted octanol–water partition coefficient (Wildman–Crippen LogP) is 4.22. The van der Waals surface area contributed by atoms with Gasteiger partial charge in [-0.2, -0.15) is 0 Å². The number of nitrogens with one attached hydrogen (secondary N) is 3. The Labute approximate surface area is 262 Å². The molecule has 0 spiro atoms. The van der Waals surface area contributed by atoms with Crippen molar-refractivity contribution in [3.8, 4) is 11.3 Å². The van der Waals surface area contributed by atoms with Gasteiger partial charge in [-0.25, -0.2) is 4.98 Å². The van der Waals surface area contributed by atoms with Crippen molar-refractivity contribution in [2.75, 3.05) is 35.0 Å². The third-order valence-electron chi connectivity index (χ3n) is 7.21. The van der Waals surface area contributed by atoms with E-state index in [1.54, 1.807) is 58.6 Å². The van der Waals surface area contributed by atoms with Gasteiger partial charge in [0.2, 0.25) is 5.91 Å². The summed E-state index contributed by atoms with van der Waals surface area (Å²) in [4.78, 5) is 45.8. The molecule has 4 aromatic rings. The molecule has 44 heavy (non-hydrogen) atoms. The van der Waals surface area contributed by atoms with Gasteiger partial charge in [-0.15, -0.1) is 5.53 Å². The highest BCUT2D eigenvalue weighted by Crippen LogP contribution is 2.32. The molecule has 2 aliphatic heterocycles.